The van der Waals surface area contributed by atoms with Gasteiger partial charge in [-0.1, -0.05) is 33.1 Å². The molecule has 0 aliphatic heterocycles. The van der Waals surface area contributed by atoms with Crippen molar-refractivity contribution in [1.29, 1.82) is 0 Å². The van der Waals surface area contributed by atoms with Gasteiger partial charge in [-0.15, -0.1) is 0 Å². The molecule has 1 unspecified atom stereocenters. The van der Waals surface area contributed by atoms with E-state index in [1.807, 2.05) is 6.20 Å². The van der Waals surface area contributed by atoms with E-state index in [-0.39, 0.29) is 0 Å². The van der Waals surface area contributed by atoms with Gasteiger partial charge in [0.1, 0.15) is 0 Å². The number of aromatic nitrogens is 1. The zero-order valence-electron chi connectivity index (χ0n) is 10.1. The molecule has 1 atom stereocenters. The van der Waals surface area contributed by atoms with Crippen LogP contribution >= 0.6 is 0 Å². The first-order valence-corrected chi connectivity index (χ1v) is 6.21. The minimum absolute atomic E-state index is 0.699. The SMILES string of the molecule is CCCCC(CCC)NCc1cc[nH]c1. The lowest BCUT2D eigenvalue weighted by Crippen LogP contribution is -2.28. The average Bonchev–Trinajstić information content (AvgIpc) is 2.75. The monoisotopic (exact) mass is 208 g/mol. The molecule has 0 spiro atoms. The molecule has 15 heavy (non-hydrogen) atoms. The summed E-state index contributed by atoms with van der Waals surface area (Å²) in [7, 11) is 0. The molecule has 0 saturated heterocycles. The number of unbranched alkanes of at least 4 members (excludes halogenated alkanes) is 1. The molecule has 0 saturated carbocycles. The third-order valence-electron chi connectivity index (χ3n) is 2.80. The first-order valence-electron chi connectivity index (χ1n) is 6.21. The van der Waals surface area contributed by atoms with Crippen molar-refractivity contribution in [2.75, 3.05) is 0 Å². The topological polar surface area (TPSA) is 27.8 Å². The summed E-state index contributed by atoms with van der Waals surface area (Å²) in [6.07, 6.45) is 10.6. The molecule has 2 N–H and O–H groups in total. The Labute approximate surface area is 93.5 Å². The molecule has 0 aliphatic carbocycles. The van der Waals surface area contributed by atoms with Crippen molar-refractivity contribution in [1.82, 2.24) is 10.3 Å². The van der Waals surface area contributed by atoms with Crippen molar-refractivity contribution in [2.24, 2.45) is 0 Å². The molecule has 0 amide bonds. The molecule has 0 bridgehead atoms. The van der Waals surface area contributed by atoms with Gasteiger partial charge in [0.2, 0.25) is 0 Å². The van der Waals surface area contributed by atoms with Crippen LogP contribution in [0.1, 0.15) is 51.5 Å². The fourth-order valence-electron chi connectivity index (χ4n) is 1.88. The van der Waals surface area contributed by atoms with Gasteiger partial charge < -0.3 is 10.3 Å². The van der Waals surface area contributed by atoms with Crippen LogP contribution < -0.4 is 5.32 Å². The van der Waals surface area contributed by atoms with Gasteiger partial charge in [-0.3, -0.25) is 0 Å². The third-order valence-corrected chi connectivity index (χ3v) is 2.80. The molecule has 2 heteroatoms. The van der Waals surface area contributed by atoms with Crippen LogP contribution in [0, 0.1) is 0 Å². The van der Waals surface area contributed by atoms with Crippen molar-refractivity contribution in [3.63, 3.8) is 0 Å². The van der Waals surface area contributed by atoms with Crippen molar-refractivity contribution in [3.05, 3.63) is 24.0 Å². The van der Waals surface area contributed by atoms with Crippen LogP contribution in [0.4, 0.5) is 0 Å². The van der Waals surface area contributed by atoms with E-state index in [9.17, 15) is 0 Å². The minimum Gasteiger partial charge on any atom is -0.367 e. The first kappa shape index (κ1) is 12.3. The Morgan fingerprint density at radius 2 is 2.13 bits per heavy atom. The molecular weight excluding hydrogens is 184 g/mol. The normalized spacial score (nSPS) is 12.9. The smallest absolute Gasteiger partial charge is 0.0223 e. The van der Waals surface area contributed by atoms with Crippen LogP contribution in [-0.2, 0) is 6.54 Å². The van der Waals surface area contributed by atoms with Crippen LogP contribution in [0.2, 0.25) is 0 Å². The Bertz CT molecular complexity index is 229. The van der Waals surface area contributed by atoms with Crippen LogP contribution in [0.15, 0.2) is 18.5 Å². The summed E-state index contributed by atoms with van der Waals surface area (Å²) in [5.74, 6) is 0. The van der Waals surface area contributed by atoms with Gasteiger partial charge in [0.15, 0.2) is 0 Å². The summed E-state index contributed by atoms with van der Waals surface area (Å²) >= 11 is 0. The number of hydrogen-bond acceptors (Lipinski definition) is 1. The standard InChI is InChI=1S/C13H24N2/c1-3-5-7-13(6-4-2)15-11-12-8-9-14-10-12/h8-10,13-15H,3-7,11H2,1-2H3. The molecule has 1 rings (SSSR count). The van der Waals surface area contributed by atoms with Gasteiger partial charge in [0, 0.05) is 25.0 Å². The van der Waals surface area contributed by atoms with Crippen molar-refractivity contribution in [3.8, 4) is 0 Å². The number of H-pyrrole nitrogens is 1. The van der Waals surface area contributed by atoms with Gasteiger partial charge in [-0.2, -0.15) is 0 Å². The van der Waals surface area contributed by atoms with Gasteiger partial charge in [0.05, 0.1) is 0 Å². The molecule has 0 aliphatic rings. The molecular formula is C13H24N2. The highest BCUT2D eigenvalue weighted by molar-refractivity contribution is 5.07. The second kappa shape index (κ2) is 7.52. The second-order valence-corrected chi connectivity index (χ2v) is 4.23. The minimum atomic E-state index is 0.699. The van der Waals surface area contributed by atoms with Crippen LogP contribution in [-0.4, -0.2) is 11.0 Å². The molecule has 1 heterocycles. The summed E-state index contributed by atoms with van der Waals surface area (Å²) in [5.41, 5.74) is 1.35. The summed E-state index contributed by atoms with van der Waals surface area (Å²) < 4.78 is 0. The van der Waals surface area contributed by atoms with Crippen molar-refractivity contribution < 1.29 is 0 Å². The predicted molar refractivity (Wildman–Crippen MR) is 65.9 cm³/mol. The van der Waals surface area contributed by atoms with E-state index in [1.54, 1.807) is 0 Å². The third kappa shape index (κ3) is 5.03. The number of hydrogen-bond donors (Lipinski definition) is 2. The van der Waals surface area contributed by atoms with Gasteiger partial charge in [-0.05, 0) is 24.5 Å². The Balaban J connectivity index is 2.24. The number of nitrogens with one attached hydrogen (secondary N) is 2. The summed E-state index contributed by atoms with van der Waals surface area (Å²) in [6, 6.07) is 2.83. The Morgan fingerprint density at radius 1 is 1.27 bits per heavy atom. The van der Waals surface area contributed by atoms with E-state index in [2.05, 4.69) is 36.4 Å². The maximum atomic E-state index is 3.64. The van der Waals surface area contributed by atoms with Gasteiger partial charge >= 0.3 is 0 Å². The van der Waals surface area contributed by atoms with E-state index in [0.29, 0.717) is 6.04 Å². The fraction of sp³-hybridized carbons (Fsp3) is 0.692. The lowest BCUT2D eigenvalue weighted by Gasteiger charge is -2.17. The molecule has 2 nitrogen and oxygen atoms in total. The van der Waals surface area contributed by atoms with Gasteiger partial charge in [-0.25, -0.2) is 0 Å². The molecule has 1 aromatic rings. The van der Waals surface area contributed by atoms with Crippen LogP contribution in [0.5, 0.6) is 0 Å². The van der Waals surface area contributed by atoms with Gasteiger partial charge in [0.25, 0.3) is 0 Å². The van der Waals surface area contributed by atoms with E-state index in [0.717, 1.165) is 6.54 Å². The Morgan fingerprint density at radius 3 is 2.73 bits per heavy atom. The van der Waals surface area contributed by atoms with Crippen LogP contribution in [0.25, 0.3) is 0 Å². The summed E-state index contributed by atoms with van der Waals surface area (Å²) in [4.78, 5) is 3.09. The molecule has 0 aromatic carbocycles. The highest BCUT2D eigenvalue weighted by Gasteiger charge is 2.06. The van der Waals surface area contributed by atoms with E-state index < -0.39 is 0 Å². The summed E-state index contributed by atoms with van der Waals surface area (Å²) in [6.45, 7) is 5.52. The summed E-state index contributed by atoms with van der Waals surface area (Å²) in [5, 5.41) is 3.64. The lowest BCUT2D eigenvalue weighted by molar-refractivity contribution is 0.434. The molecule has 0 fully saturated rings. The number of aromatic amines is 1. The van der Waals surface area contributed by atoms with E-state index in [4.69, 9.17) is 0 Å². The molecule has 86 valence electrons. The maximum Gasteiger partial charge on any atom is 0.0223 e. The zero-order valence-corrected chi connectivity index (χ0v) is 10.1. The predicted octanol–water partition coefficient (Wildman–Crippen LogP) is 3.46. The lowest BCUT2D eigenvalue weighted by atomic mass is 10.1. The van der Waals surface area contributed by atoms with Crippen molar-refractivity contribution in [2.45, 2.75) is 58.5 Å². The number of rotatable bonds is 8. The zero-order chi connectivity index (χ0) is 10.9. The largest absolute Gasteiger partial charge is 0.367 e. The Hall–Kier alpha value is -0.760. The fourth-order valence-corrected chi connectivity index (χ4v) is 1.88. The van der Waals surface area contributed by atoms with Crippen molar-refractivity contribution >= 4 is 0 Å². The maximum absolute atomic E-state index is 3.64. The molecule has 0 radical (unpaired) electrons. The highest BCUT2D eigenvalue weighted by Crippen LogP contribution is 2.08. The first-order chi connectivity index (χ1) is 7.36. The Kier molecular flexibility index (Phi) is 6.17. The van der Waals surface area contributed by atoms with Crippen LogP contribution in [0.3, 0.4) is 0 Å². The second-order valence-electron chi connectivity index (χ2n) is 4.23. The average molecular weight is 208 g/mol. The van der Waals surface area contributed by atoms with E-state index in [1.165, 1.54) is 37.7 Å². The molecule has 1 aromatic heterocycles. The highest BCUT2D eigenvalue weighted by atomic mass is 14.9. The quantitative estimate of drug-likeness (QED) is 0.672. The van der Waals surface area contributed by atoms with E-state index >= 15 is 0 Å².